The fourth-order valence-corrected chi connectivity index (χ4v) is 3.23. The maximum absolute atomic E-state index is 11.5. The minimum absolute atomic E-state index is 0.260. The molecule has 10 nitrogen and oxygen atoms in total. The van der Waals surface area contributed by atoms with E-state index in [1.807, 2.05) is 50.4 Å². The van der Waals surface area contributed by atoms with Crippen molar-refractivity contribution in [2.24, 2.45) is 0 Å². The molecule has 35 heavy (non-hydrogen) atoms. The first-order valence-corrected chi connectivity index (χ1v) is 11.4. The Labute approximate surface area is 212 Å². The van der Waals surface area contributed by atoms with Crippen LogP contribution >= 0.6 is 11.6 Å². The Kier molecular flexibility index (Phi) is 10.9. The number of nitrogens with zero attached hydrogens (tertiary/aromatic N) is 2. The minimum atomic E-state index is -0.750. The zero-order valence-electron chi connectivity index (χ0n) is 19.7. The zero-order valence-corrected chi connectivity index (χ0v) is 21.2. The molecule has 0 spiro atoms. The van der Waals surface area contributed by atoms with E-state index in [0.29, 0.717) is 34.6 Å². The number of halogens is 1. The van der Waals surface area contributed by atoms with Crippen molar-refractivity contribution in [3.05, 3.63) is 58.7 Å². The third-order valence-corrected chi connectivity index (χ3v) is 5.07. The van der Waals surface area contributed by atoms with Crippen molar-refractivity contribution in [2.75, 3.05) is 37.2 Å². The highest BCUT2D eigenvalue weighted by Gasteiger charge is 2.12. The lowest BCUT2D eigenvalue weighted by Crippen LogP contribution is -2.05. The molecule has 0 amide bonds. The molecule has 1 heterocycles. The van der Waals surface area contributed by atoms with Crippen LogP contribution in [0.3, 0.4) is 0 Å². The van der Waals surface area contributed by atoms with Crippen molar-refractivity contribution >= 4 is 58.0 Å². The summed E-state index contributed by atoms with van der Waals surface area (Å²) in [5.41, 5.74) is 4.52. The van der Waals surface area contributed by atoms with Crippen LogP contribution in [0.25, 0.3) is 0 Å². The summed E-state index contributed by atoms with van der Waals surface area (Å²) in [4.78, 5) is 20.3. The van der Waals surface area contributed by atoms with Gasteiger partial charge >= 0.3 is 17.5 Å². The van der Waals surface area contributed by atoms with Gasteiger partial charge in [0, 0.05) is 13.5 Å². The molecule has 0 saturated carbocycles. The maximum Gasteiger partial charge on any atom is 0.335 e. The van der Waals surface area contributed by atoms with Gasteiger partial charge in [0.1, 0.15) is 10.8 Å². The quantitative estimate of drug-likeness (QED) is 0.349. The maximum atomic E-state index is 11.5. The highest BCUT2D eigenvalue weighted by Crippen LogP contribution is 2.32. The first-order valence-electron chi connectivity index (χ1n) is 10.4. The molecule has 1 aromatic heterocycles. The van der Waals surface area contributed by atoms with Crippen LogP contribution < -0.4 is 20.7 Å². The van der Waals surface area contributed by atoms with Gasteiger partial charge < -0.3 is 25.4 Å². The molecule has 3 aromatic rings. The second-order valence-corrected chi connectivity index (χ2v) is 7.66. The summed E-state index contributed by atoms with van der Waals surface area (Å²) in [5.74, 6) is 1.17. The summed E-state index contributed by atoms with van der Waals surface area (Å²) in [6.07, 6.45) is 2.36. The van der Waals surface area contributed by atoms with Gasteiger partial charge in [0.15, 0.2) is 5.82 Å². The summed E-state index contributed by atoms with van der Waals surface area (Å²) in [6.45, 7) is 2.02. The predicted octanol–water partition coefficient (Wildman–Crippen LogP) is 4.41. The zero-order chi connectivity index (χ0) is 25.8. The molecule has 0 unspecified atom stereocenters. The van der Waals surface area contributed by atoms with Gasteiger partial charge in [0.25, 0.3) is 0 Å². The summed E-state index contributed by atoms with van der Waals surface area (Å²) >= 11 is 5.59. The average Bonchev–Trinajstić information content (AvgIpc) is 2.86. The molecular weight excluding hydrogens is 494 g/mol. The average molecular weight is 520 g/mol. The topological polar surface area (TPSA) is 132 Å². The summed E-state index contributed by atoms with van der Waals surface area (Å²) in [6, 6.07) is 11.6. The van der Waals surface area contributed by atoms with Crippen LogP contribution in [-0.4, -0.2) is 45.6 Å². The fourth-order valence-electron chi connectivity index (χ4n) is 3.09. The van der Waals surface area contributed by atoms with E-state index in [4.69, 9.17) is 29.5 Å². The van der Waals surface area contributed by atoms with Gasteiger partial charge in [0.2, 0.25) is 5.95 Å². The number of benzene rings is 2. The standard InChI is InChI=1S/C23H26ClN5O3.O2S/c1-14-5-8-17(18(11-14)25-2)27-22-16(24)13-26-23(29-22)28-19-12-15(6-9-20(19)31-3)7-10-21(30)32-4;1-3-2/h5-6,8-9,11-13,25H,7,10H2,1-4H3,(H2,26,27,28,29);. The number of hydrogen-bond acceptors (Lipinski definition) is 10. The van der Waals surface area contributed by atoms with Crippen molar-refractivity contribution in [1.29, 1.82) is 0 Å². The van der Waals surface area contributed by atoms with Crippen molar-refractivity contribution in [3.8, 4) is 5.75 Å². The van der Waals surface area contributed by atoms with E-state index in [1.54, 1.807) is 7.11 Å². The molecule has 186 valence electrons. The van der Waals surface area contributed by atoms with Gasteiger partial charge in [-0.3, -0.25) is 4.79 Å². The van der Waals surface area contributed by atoms with E-state index in [1.165, 1.54) is 13.3 Å². The Morgan fingerprint density at radius 1 is 1.06 bits per heavy atom. The molecule has 0 atom stereocenters. The van der Waals surface area contributed by atoms with Crippen molar-refractivity contribution in [2.45, 2.75) is 19.8 Å². The molecule has 0 radical (unpaired) electrons. The number of rotatable bonds is 9. The van der Waals surface area contributed by atoms with Crippen LogP contribution in [0.5, 0.6) is 5.75 Å². The molecule has 3 N–H and O–H groups in total. The molecule has 0 saturated heterocycles. The van der Waals surface area contributed by atoms with Gasteiger partial charge in [-0.05, 0) is 48.7 Å². The first kappa shape index (κ1) is 27.5. The number of carbonyl (C=O) groups excluding carboxylic acids is 1. The number of methoxy groups -OCH3 is 2. The highest BCUT2D eigenvalue weighted by molar-refractivity contribution is 7.51. The third kappa shape index (κ3) is 8.23. The number of aryl methyl sites for hydroxylation is 2. The van der Waals surface area contributed by atoms with E-state index in [9.17, 15) is 4.79 Å². The fraction of sp³-hybridized carbons (Fsp3) is 0.261. The number of carbonyl (C=O) groups is 1. The number of aromatic nitrogens is 2. The normalized spacial score (nSPS) is 9.86. The number of ether oxygens (including phenoxy) is 2. The first-order chi connectivity index (χ1) is 16.8. The Morgan fingerprint density at radius 2 is 1.80 bits per heavy atom. The minimum Gasteiger partial charge on any atom is -0.495 e. The summed E-state index contributed by atoms with van der Waals surface area (Å²) < 4.78 is 26.7. The molecule has 3 rings (SSSR count). The Balaban J connectivity index is 0.00000137. The largest absolute Gasteiger partial charge is 0.495 e. The van der Waals surface area contributed by atoms with Crippen molar-refractivity contribution < 1.29 is 22.7 Å². The van der Waals surface area contributed by atoms with Gasteiger partial charge in [-0.25, -0.2) is 4.98 Å². The molecule has 0 bridgehead atoms. The van der Waals surface area contributed by atoms with Gasteiger partial charge in [0.05, 0.1) is 37.5 Å². The smallest absolute Gasteiger partial charge is 0.335 e. The van der Waals surface area contributed by atoms with E-state index in [0.717, 1.165) is 22.5 Å². The predicted molar refractivity (Wildman–Crippen MR) is 137 cm³/mol. The lowest BCUT2D eigenvalue weighted by Gasteiger charge is -2.15. The summed E-state index contributed by atoms with van der Waals surface area (Å²) in [5, 5.41) is 9.98. The van der Waals surface area contributed by atoms with Crippen LogP contribution in [0, 0.1) is 6.92 Å². The Bertz CT molecular complexity index is 1200. The van der Waals surface area contributed by atoms with E-state index >= 15 is 0 Å². The lowest BCUT2D eigenvalue weighted by molar-refractivity contribution is -0.140. The number of esters is 1. The third-order valence-electron chi connectivity index (χ3n) is 4.80. The van der Waals surface area contributed by atoms with Crippen LogP contribution in [-0.2, 0) is 27.5 Å². The highest BCUT2D eigenvalue weighted by atomic mass is 35.5. The van der Waals surface area contributed by atoms with Gasteiger partial charge in [-0.15, -0.1) is 0 Å². The molecular formula is C23H26ClN5O5S. The number of anilines is 5. The van der Waals surface area contributed by atoms with Crippen LogP contribution in [0.4, 0.5) is 28.8 Å². The Morgan fingerprint density at radius 3 is 2.46 bits per heavy atom. The molecule has 0 aliphatic carbocycles. The van der Waals surface area contributed by atoms with E-state index in [2.05, 4.69) is 25.9 Å². The number of hydrogen-bond donors (Lipinski definition) is 3. The molecule has 0 aliphatic heterocycles. The Hall–Kier alpha value is -3.70. The summed E-state index contributed by atoms with van der Waals surface area (Å²) in [7, 11) is 4.82. The van der Waals surface area contributed by atoms with Crippen molar-refractivity contribution in [3.63, 3.8) is 0 Å². The SMILES string of the molecule is CNc1cc(C)ccc1Nc1nc(Nc2cc(CCC(=O)OC)ccc2OC)ncc1Cl.O=S=O. The monoisotopic (exact) mass is 519 g/mol. The lowest BCUT2D eigenvalue weighted by atomic mass is 10.1. The van der Waals surface area contributed by atoms with Crippen LogP contribution in [0.2, 0.25) is 5.02 Å². The van der Waals surface area contributed by atoms with E-state index < -0.39 is 11.6 Å². The second-order valence-electron chi connectivity index (χ2n) is 7.12. The molecule has 0 fully saturated rings. The van der Waals surface area contributed by atoms with Gasteiger partial charge in [-0.1, -0.05) is 23.7 Å². The molecule has 12 heteroatoms. The second kappa shape index (κ2) is 13.9. The van der Waals surface area contributed by atoms with Crippen LogP contribution in [0.1, 0.15) is 17.5 Å². The molecule has 0 aliphatic rings. The van der Waals surface area contributed by atoms with Gasteiger partial charge in [-0.2, -0.15) is 13.4 Å². The van der Waals surface area contributed by atoms with Crippen LogP contribution in [0.15, 0.2) is 42.6 Å². The van der Waals surface area contributed by atoms with E-state index in [-0.39, 0.29) is 12.4 Å². The number of nitrogens with one attached hydrogen (secondary N) is 3. The molecule has 2 aromatic carbocycles. The van der Waals surface area contributed by atoms with Crippen molar-refractivity contribution in [1.82, 2.24) is 9.97 Å².